The smallest absolute Gasteiger partial charge is 0.331 e. The Hall–Kier alpha value is -2.79. The Morgan fingerprint density at radius 3 is 2.60 bits per heavy atom. The molecule has 0 heterocycles. The molecular formula is C19H18ClNO4. The van der Waals surface area contributed by atoms with Gasteiger partial charge in [0.25, 0.3) is 5.91 Å². The number of nitrogens with one attached hydrogen (secondary N) is 1. The molecule has 0 aromatic heterocycles. The van der Waals surface area contributed by atoms with Crippen LogP contribution in [0.4, 0.5) is 0 Å². The highest BCUT2D eigenvalue weighted by molar-refractivity contribution is 6.32. The highest BCUT2D eigenvalue weighted by Crippen LogP contribution is 2.17. The summed E-state index contributed by atoms with van der Waals surface area (Å²) in [5.74, 6) is -0.333. The first-order valence-corrected chi connectivity index (χ1v) is 7.96. The lowest BCUT2D eigenvalue weighted by molar-refractivity contribution is -0.143. The van der Waals surface area contributed by atoms with Crippen molar-refractivity contribution in [3.05, 3.63) is 70.8 Å². The van der Waals surface area contributed by atoms with Gasteiger partial charge < -0.3 is 14.8 Å². The van der Waals surface area contributed by atoms with Gasteiger partial charge >= 0.3 is 5.97 Å². The fourth-order valence-corrected chi connectivity index (χ4v) is 2.25. The van der Waals surface area contributed by atoms with Gasteiger partial charge in [-0.3, -0.25) is 4.79 Å². The summed E-state index contributed by atoms with van der Waals surface area (Å²) in [6.45, 7) is -0.0727. The maximum absolute atomic E-state index is 11.8. The van der Waals surface area contributed by atoms with E-state index in [1.807, 2.05) is 24.3 Å². The molecule has 5 nitrogen and oxygen atoms in total. The molecule has 0 unspecified atom stereocenters. The van der Waals surface area contributed by atoms with Crippen molar-refractivity contribution >= 4 is 29.6 Å². The lowest BCUT2D eigenvalue weighted by Gasteiger charge is -2.09. The molecule has 0 radical (unpaired) electrons. The van der Waals surface area contributed by atoms with Gasteiger partial charge in [0.1, 0.15) is 5.75 Å². The van der Waals surface area contributed by atoms with Gasteiger partial charge in [-0.05, 0) is 23.8 Å². The van der Waals surface area contributed by atoms with Crippen molar-refractivity contribution in [3.8, 4) is 5.75 Å². The maximum Gasteiger partial charge on any atom is 0.331 e. The molecule has 0 spiro atoms. The average molecular weight is 360 g/mol. The minimum absolute atomic E-state index is 0.288. The van der Waals surface area contributed by atoms with E-state index < -0.39 is 11.9 Å². The minimum atomic E-state index is -0.618. The fourth-order valence-electron chi connectivity index (χ4n) is 2.05. The largest absolute Gasteiger partial charge is 0.496 e. The van der Waals surface area contributed by atoms with E-state index >= 15 is 0 Å². The molecule has 6 heteroatoms. The average Bonchev–Trinajstić information content (AvgIpc) is 2.64. The molecule has 25 heavy (non-hydrogen) atoms. The van der Waals surface area contributed by atoms with Crippen LogP contribution in [-0.4, -0.2) is 25.6 Å². The predicted molar refractivity (Wildman–Crippen MR) is 96.3 cm³/mol. The predicted octanol–water partition coefficient (Wildman–Crippen LogP) is 3.22. The normalized spacial score (nSPS) is 10.5. The quantitative estimate of drug-likeness (QED) is 0.609. The van der Waals surface area contributed by atoms with Crippen molar-refractivity contribution in [2.24, 2.45) is 0 Å². The maximum atomic E-state index is 11.8. The van der Waals surface area contributed by atoms with Crippen LogP contribution in [0.15, 0.2) is 54.6 Å². The number of benzene rings is 2. The van der Waals surface area contributed by atoms with Crippen LogP contribution in [0, 0.1) is 0 Å². The SMILES string of the molecule is COc1ccccc1CNC(=O)COC(=O)/C=C/c1ccccc1Cl. The lowest BCUT2D eigenvalue weighted by Crippen LogP contribution is -2.28. The summed E-state index contributed by atoms with van der Waals surface area (Å²) < 4.78 is 10.1. The summed E-state index contributed by atoms with van der Waals surface area (Å²) in [5, 5.41) is 3.20. The molecule has 0 aliphatic carbocycles. The lowest BCUT2D eigenvalue weighted by atomic mass is 10.2. The summed E-state index contributed by atoms with van der Waals surface area (Å²) in [7, 11) is 1.56. The summed E-state index contributed by atoms with van der Waals surface area (Å²) in [4.78, 5) is 23.4. The Bertz CT molecular complexity index is 774. The molecule has 0 fully saturated rings. The number of para-hydroxylation sites is 1. The van der Waals surface area contributed by atoms with Crippen LogP contribution < -0.4 is 10.1 Å². The van der Waals surface area contributed by atoms with Crippen LogP contribution in [-0.2, 0) is 20.9 Å². The van der Waals surface area contributed by atoms with Crippen LogP contribution in [0.25, 0.3) is 6.08 Å². The number of rotatable bonds is 7. The standard InChI is InChI=1S/C19H18ClNO4/c1-24-17-9-5-3-7-15(17)12-21-18(22)13-25-19(23)11-10-14-6-2-4-8-16(14)20/h2-11H,12-13H2,1H3,(H,21,22)/b11-10+. The first-order valence-electron chi connectivity index (χ1n) is 7.58. The van der Waals surface area contributed by atoms with E-state index in [9.17, 15) is 9.59 Å². The van der Waals surface area contributed by atoms with Gasteiger partial charge in [-0.15, -0.1) is 0 Å². The van der Waals surface area contributed by atoms with Gasteiger partial charge in [0, 0.05) is 23.2 Å². The highest BCUT2D eigenvalue weighted by atomic mass is 35.5. The summed E-state index contributed by atoms with van der Waals surface area (Å²) in [6.07, 6.45) is 2.77. The van der Waals surface area contributed by atoms with Crippen molar-refractivity contribution in [3.63, 3.8) is 0 Å². The van der Waals surface area contributed by atoms with E-state index in [0.717, 1.165) is 5.56 Å². The summed E-state index contributed by atoms with van der Waals surface area (Å²) >= 11 is 5.98. The third kappa shape index (κ3) is 5.97. The van der Waals surface area contributed by atoms with E-state index in [1.54, 1.807) is 31.4 Å². The van der Waals surface area contributed by atoms with Crippen LogP contribution in [0.1, 0.15) is 11.1 Å². The minimum Gasteiger partial charge on any atom is -0.496 e. The molecule has 2 aromatic rings. The van der Waals surface area contributed by atoms with Crippen LogP contribution >= 0.6 is 11.6 Å². The van der Waals surface area contributed by atoms with Gasteiger partial charge in [-0.2, -0.15) is 0 Å². The number of ether oxygens (including phenoxy) is 2. The van der Waals surface area contributed by atoms with Gasteiger partial charge in [0.2, 0.25) is 0 Å². The zero-order valence-electron chi connectivity index (χ0n) is 13.7. The molecule has 0 atom stereocenters. The van der Waals surface area contributed by atoms with Gasteiger partial charge in [-0.1, -0.05) is 48.0 Å². The monoisotopic (exact) mass is 359 g/mol. The zero-order valence-corrected chi connectivity index (χ0v) is 14.5. The first kappa shape index (κ1) is 18.5. The number of esters is 1. The number of methoxy groups -OCH3 is 1. The number of hydrogen-bond acceptors (Lipinski definition) is 4. The van der Waals surface area contributed by atoms with E-state index in [4.69, 9.17) is 21.1 Å². The number of halogens is 1. The van der Waals surface area contributed by atoms with Crippen molar-refractivity contribution in [2.75, 3.05) is 13.7 Å². The number of hydrogen-bond donors (Lipinski definition) is 1. The Morgan fingerprint density at radius 1 is 1.12 bits per heavy atom. The summed E-state index contributed by atoms with van der Waals surface area (Å²) in [5.41, 5.74) is 1.53. The van der Waals surface area contributed by atoms with E-state index in [2.05, 4.69) is 5.32 Å². The Morgan fingerprint density at radius 2 is 1.84 bits per heavy atom. The second-order valence-corrected chi connectivity index (χ2v) is 5.46. The van der Waals surface area contributed by atoms with Crippen molar-refractivity contribution < 1.29 is 19.1 Å². The fraction of sp³-hybridized carbons (Fsp3) is 0.158. The third-order valence-corrected chi connectivity index (χ3v) is 3.66. The molecular weight excluding hydrogens is 342 g/mol. The van der Waals surface area contributed by atoms with Crippen LogP contribution in [0.2, 0.25) is 5.02 Å². The molecule has 0 aliphatic rings. The van der Waals surface area contributed by atoms with Crippen molar-refractivity contribution in [1.82, 2.24) is 5.32 Å². The third-order valence-electron chi connectivity index (χ3n) is 3.32. The Balaban J connectivity index is 1.78. The Labute approximate surface area is 151 Å². The molecule has 1 N–H and O–H groups in total. The topological polar surface area (TPSA) is 64.6 Å². The molecule has 0 saturated carbocycles. The molecule has 0 bridgehead atoms. The van der Waals surface area contributed by atoms with Gasteiger partial charge in [0.15, 0.2) is 6.61 Å². The van der Waals surface area contributed by atoms with Crippen molar-refractivity contribution in [1.29, 1.82) is 0 Å². The molecule has 2 rings (SSSR count). The second-order valence-electron chi connectivity index (χ2n) is 5.05. The molecule has 1 amide bonds. The van der Waals surface area contributed by atoms with Gasteiger partial charge in [0.05, 0.1) is 7.11 Å². The number of carbonyl (C=O) groups excluding carboxylic acids is 2. The van der Waals surface area contributed by atoms with Crippen molar-refractivity contribution in [2.45, 2.75) is 6.54 Å². The molecule has 0 aliphatic heterocycles. The van der Waals surface area contributed by atoms with E-state index in [-0.39, 0.29) is 13.2 Å². The second kappa shape index (κ2) is 9.49. The number of carbonyl (C=O) groups is 2. The molecule has 0 saturated heterocycles. The first-order chi connectivity index (χ1) is 12.1. The molecule has 130 valence electrons. The Kier molecular flexibility index (Phi) is 7.04. The van der Waals surface area contributed by atoms with E-state index in [1.165, 1.54) is 12.2 Å². The van der Waals surface area contributed by atoms with Gasteiger partial charge in [-0.25, -0.2) is 4.79 Å². The summed E-state index contributed by atoms with van der Waals surface area (Å²) in [6, 6.07) is 14.4. The zero-order chi connectivity index (χ0) is 18.1. The van der Waals surface area contributed by atoms with Crippen LogP contribution in [0.5, 0.6) is 5.75 Å². The van der Waals surface area contributed by atoms with Crippen LogP contribution in [0.3, 0.4) is 0 Å². The molecule has 2 aromatic carbocycles. The van der Waals surface area contributed by atoms with E-state index in [0.29, 0.717) is 16.3 Å². The number of amides is 1. The highest BCUT2D eigenvalue weighted by Gasteiger charge is 2.07.